The fourth-order valence-electron chi connectivity index (χ4n) is 1.69. The quantitative estimate of drug-likeness (QED) is 0.689. The van der Waals surface area contributed by atoms with E-state index in [1.165, 1.54) is 0 Å². The number of hydrogen-bond acceptors (Lipinski definition) is 3. The highest BCUT2D eigenvalue weighted by Gasteiger charge is 2.01. The van der Waals surface area contributed by atoms with Gasteiger partial charge in [0, 0.05) is 38.3 Å². The summed E-state index contributed by atoms with van der Waals surface area (Å²) in [6.07, 6.45) is 3.92. The van der Waals surface area contributed by atoms with Crippen LogP contribution in [-0.4, -0.2) is 23.6 Å². The number of rotatable bonds is 7. The average Bonchev–Trinajstić information content (AvgIpc) is 2.36. The molecule has 1 aromatic rings. The molecule has 1 rings (SSSR count). The van der Waals surface area contributed by atoms with Crippen molar-refractivity contribution < 1.29 is 4.79 Å². The van der Waals surface area contributed by atoms with Crippen LogP contribution in [0.3, 0.4) is 0 Å². The summed E-state index contributed by atoms with van der Waals surface area (Å²) < 4.78 is 1.69. The molecule has 5 heteroatoms. The molecule has 3 N–H and O–H groups in total. The van der Waals surface area contributed by atoms with Gasteiger partial charge in [-0.2, -0.15) is 0 Å². The highest BCUT2D eigenvalue weighted by molar-refractivity contribution is 5.75. The minimum Gasteiger partial charge on any atom is -0.355 e. The van der Waals surface area contributed by atoms with Gasteiger partial charge in [0.25, 0.3) is 5.56 Å². The van der Waals surface area contributed by atoms with Crippen LogP contribution in [0.4, 0.5) is 0 Å². The first-order valence-electron chi connectivity index (χ1n) is 6.27. The van der Waals surface area contributed by atoms with E-state index >= 15 is 0 Å². The smallest absolute Gasteiger partial charge is 0.250 e. The molecule has 0 saturated carbocycles. The molecule has 0 aliphatic carbocycles. The lowest BCUT2D eigenvalue weighted by molar-refractivity contribution is -0.121. The Kier molecular flexibility index (Phi) is 6.14. The number of carbonyl (C=O) groups is 1. The van der Waals surface area contributed by atoms with Gasteiger partial charge in [-0.25, -0.2) is 0 Å². The summed E-state index contributed by atoms with van der Waals surface area (Å²) in [6, 6.07) is 3.38. The maximum Gasteiger partial charge on any atom is 0.250 e. The minimum atomic E-state index is 0.00758. The molecule has 0 aliphatic rings. The van der Waals surface area contributed by atoms with Crippen molar-refractivity contribution in [2.45, 2.75) is 32.7 Å². The Morgan fingerprint density at radius 1 is 1.39 bits per heavy atom. The van der Waals surface area contributed by atoms with Crippen molar-refractivity contribution in [1.29, 1.82) is 0 Å². The van der Waals surface area contributed by atoms with Crippen LogP contribution in [0.15, 0.2) is 23.1 Å². The zero-order valence-corrected chi connectivity index (χ0v) is 10.8. The highest BCUT2D eigenvalue weighted by atomic mass is 16.1. The number of amides is 1. The Labute approximate surface area is 107 Å². The maximum absolute atomic E-state index is 11.5. The van der Waals surface area contributed by atoms with Gasteiger partial charge in [0.1, 0.15) is 0 Å². The Morgan fingerprint density at radius 3 is 2.89 bits per heavy atom. The third kappa shape index (κ3) is 5.14. The van der Waals surface area contributed by atoms with Crippen LogP contribution in [0.2, 0.25) is 0 Å². The Hall–Kier alpha value is -1.62. The molecule has 0 atom stereocenters. The van der Waals surface area contributed by atoms with Crippen molar-refractivity contribution in [3.8, 4) is 0 Å². The lowest BCUT2D eigenvalue weighted by atomic mass is 10.2. The fourth-order valence-corrected chi connectivity index (χ4v) is 1.69. The summed E-state index contributed by atoms with van der Waals surface area (Å²) in [7, 11) is 0. The third-order valence-corrected chi connectivity index (χ3v) is 2.65. The van der Waals surface area contributed by atoms with Gasteiger partial charge in [-0.15, -0.1) is 0 Å². The molecule has 0 fully saturated rings. The van der Waals surface area contributed by atoms with E-state index in [0.717, 1.165) is 18.4 Å². The van der Waals surface area contributed by atoms with E-state index in [4.69, 9.17) is 5.73 Å². The minimum absolute atomic E-state index is 0.00758. The molecule has 0 spiro atoms. The monoisotopic (exact) mass is 251 g/mol. The summed E-state index contributed by atoms with van der Waals surface area (Å²) in [5.41, 5.74) is 6.36. The summed E-state index contributed by atoms with van der Waals surface area (Å²) in [5.74, 6) is 0.0250. The molecule has 18 heavy (non-hydrogen) atoms. The predicted molar refractivity (Wildman–Crippen MR) is 71.4 cm³/mol. The average molecular weight is 251 g/mol. The van der Waals surface area contributed by atoms with Crippen molar-refractivity contribution in [2.75, 3.05) is 13.1 Å². The first kappa shape index (κ1) is 14.4. The van der Waals surface area contributed by atoms with Crippen LogP contribution in [0.25, 0.3) is 0 Å². The summed E-state index contributed by atoms with van der Waals surface area (Å²) in [6.45, 7) is 3.60. The lowest BCUT2D eigenvalue weighted by Crippen LogP contribution is -2.28. The number of nitrogens with one attached hydrogen (secondary N) is 1. The molecule has 0 radical (unpaired) electrons. The highest BCUT2D eigenvalue weighted by Crippen LogP contribution is 1.99. The topological polar surface area (TPSA) is 77.1 Å². The van der Waals surface area contributed by atoms with Gasteiger partial charge < -0.3 is 15.6 Å². The van der Waals surface area contributed by atoms with Crippen molar-refractivity contribution in [1.82, 2.24) is 9.88 Å². The summed E-state index contributed by atoms with van der Waals surface area (Å²) in [4.78, 5) is 22.8. The molecule has 100 valence electrons. The fraction of sp³-hybridized carbons (Fsp3) is 0.538. The molecule has 1 aromatic heterocycles. The number of carbonyl (C=O) groups excluding carboxylic acids is 1. The number of aryl methyl sites for hydroxylation is 2. The second-order valence-electron chi connectivity index (χ2n) is 4.33. The van der Waals surface area contributed by atoms with Crippen LogP contribution in [0.1, 0.15) is 24.8 Å². The maximum atomic E-state index is 11.5. The zero-order chi connectivity index (χ0) is 13.4. The molecular formula is C13H21N3O2. The normalized spacial score (nSPS) is 10.3. The Morgan fingerprint density at radius 2 is 2.17 bits per heavy atom. The van der Waals surface area contributed by atoms with Crippen molar-refractivity contribution in [2.24, 2.45) is 5.73 Å². The lowest BCUT2D eigenvalue weighted by Gasteiger charge is -2.06. The van der Waals surface area contributed by atoms with Crippen LogP contribution in [-0.2, 0) is 11.3 Å². The first-order valence-corrected chi connectivity index (χ1v) is 6.27. The number of nitrogens with zero attached hydrogens (tertiary/aromatic N) is 1. The molecular weight excluding hydrogens is 230 g/mol. The van der Waals surface area contributed by atoms with E-state index in [9.17, 15) is 9.59 Å². The van der Waals surface area contributed by atoms with Gasteiger partial charge in [0.15, 0.2) is 0 Å². The Balaban J connectivity index is 2.27. The zero-order valence-electron chi connectivity index (χ0n) is 10.8. The van der Waals surface area contributed by atoms with Crippen molar-refractivity contribution in [3.05, 3.63) is 34.2 Å². The second kappa shape index (κ2) is 7.66. The number of pyridine rings is 1. The van der Waals surface area contributed by atoms with E-state index in [2.05, 4.69) is 5.32 Å². The van der Waals surface area contributed by atoms with Gasteiger partial charge >= 0.3 is 0 Å². The molecule has 0 aliphatic heterocycles. The summed E-state index contributed by atoms with van der Waals surface area (Å²) >= 11 is 0. The molecule has 0 aromatic carbocycles. The van der Waals surface area contributed by atoms with E-state index in [-0.39, 0.29) is 11.5 Å². The SMILES string of the molecule is Cc1ccc(=O)n(CCCCC(=O)NCCN)c1. The number of nitrogens with two attached hydrogens (primary N) is 1. The van der Waals surface area contributed by atoms with Crippen molar-refractivity contribution >= 4 is 5.91 Å². The largest absolute Gasteiger partial charge is 0.355 e. The van der Waals surface area contributed by atoms with E-state index in [1.807, 2.05) is 13.1 Å². The second-order valence-corrected chi connectivity index (χ2v) is 4.33. The Bertz CT molecular complexity index is 440. The van der Waals surface area contributed by atoms with E-state index in [0.29, 0.717) is 26.1 Å². The van der Waals surface area contributed by atoms with Gasteiger partial charge in [0.2, 0.25) is 5.91 Å². The molecule has 0 saturated heterocycles. The molecule has 5 nitrogen and oxygen atoms in total. The molecule has 0 unspecified atom stereocenters. The molecule has 0 bridgehead atoms. The standard InChI is InChI=1S/C13H21N3O2/c1-11-5-6-13(18)16(10-11)9-3-2-4-12(17)15-8-7-14/h5-6,10H,2-4,7-9,14H2,1H3,(H,15,17). The number of hydrogen-bond donors (Lipinski definition) is 2. The summed E-state index contributed by atoms with van der Waals surface area (Å²) in [5, 5.41) is 2.72. The number of unbranched alkanes of at least 4 members (excludes halogenated alkanes) is 1. The van der Waals surface area contributed by atoms with Gasteiger partial charge in [0.05, 0.1) is 0 Å². The van der Waals surface area contributed by atoms with Gasteiger partial charge in [-0.05, 0) is 25.3 Å². The van der Waals surface area contributed by atoms with Crippen LogP contribution in [0.5, 0.6) is 0 Å². The van der Waals surface area contributed by atoms with Crippen LogP contribution < -0.4 is 16.6 Å². The predicted octanol–water partition coefficient (Wildman–Crippen LogP) is 0.402. The van der Waals surface area contributed by atoms with Gasteiger partial charge in [-0.3, -0.25) is 9.59 Å². The molecule has 1 amide bonds. The van der Waals surface area contributed by atoms with Crippen LogP contribution >= 0.6 is 0 Å². The molecule has 1 heterocycles. The van der Waals surface area contributed by atoms with Crippen molar-refractivity contribution in [3.63, 3.8) is 0 Å². The first-order chi connectivity index (χ1) is 8.63. The van der Waals surface area contributed by atoms with Gasteiger partial charge in [-0.1, -0.05) is 6.07 Å². The van der Waals surface area contributed by atoms with E-state index < -0.39 is 0 Å². The van der Waals surface area contributed by atoms with Crippen LogP contribution in [0, 0.1) is 6.92 Å². The van der Waals surface area contributed by atoms with E-state index in [1.54, 1.807) is 16.7 Å². The third-order valence-electron chi connectivity index (χ3n) is 2.65. The number of aromatic nitrogens is 1.